The number of sulfonamides is 1. The average Bonchev–Trinajstić information content (AvgIpc) is 2.27. The summed E-state index contributed by atoms with van der Waals surface area (Å²) < 4.78 is 26.1. The van der Waals surface area contributed by atoms with Crippen LogP contribution >= 0.6 is 0 Å². The van der Waals surface area contributed by atoms with Crippen LogP contribution in [0.5, 0.6) is 0 Å². The monoisotopic (exact) mass is 242 g/mol. The van der Waals surface area contributed by atoms with E-state index in [0.717, 1.165) is 0 Å². The first kappa shape index (κ1) is 12.7. The van der Waals surface area contributed by atoms with Crippen LogP contribution in [0.1, 0.15) is 13.3 Å². The van der Waals surface area contributed by atoms with Crippen LogP contribution in [0.25, 0.3) is 0 Å². The minimum Gasteiger partial charge on any atom is -0.328 e. The average molecular weight is 242 g/mol. The van der Waals surface area contributed by atoms with E-state index < -0.39 is 10.0 Å². The zero-order valence-corrected chi connectivity index (χ0v) is 9.75. The van der Waals surface area contributed by atoms with E-state index in [-0.39, 0.29) is 10.6 Å². The van der Waals surface area contributed by atoms with Crippen molar-refractivity contribution >= 4 is 22.1 Å². The van der Waals surface area contributed by atoms with Crippen molar-refractivity contribution in [2.24, 2.45) is 0 Å². The van der Waals surface area contributed by atoms with Crippen molar-refractivity contribution in [3.63, 3.8) is 0 Å². The van der Waals surface area contributed by atoms with Crippen LogP contribution in [0.4, 0.5) is 5.69 Å². The van der Waals surface area contributed by atoms with Gasteiger partial charge in [0, 0.05) is 6.54 Å². The van der Waals surface area contributed by atoms with Gasteiger partial charge < -0.3 is 5.32 Å². The third kappa shape index (κ3) is 3.04. The van der Waals surface area contributed by atoms with Gasteiger partial charge in [-0.25, -0.2) is 13.1 Å². The molecule has 5 nitrogen and oxygen atoms in total. The summed E-state index contributed by atoms with van der Waals surface area (Å²) in [5.41, 5.74) is 0.279. The lowest BCUT2D eigenvalue weighted by Gasteiger charge is -2.09. The Hall–Kier alpha value is -1.40. The Kier molecular flexibility index (Phi) is 4.45. The Labute approximate surface area is 94.9 Å². The molecule has 0 fully saturated rings. The van der Waals surface area contributed by atoms with Crippen LogP contribution in [0.15, 0.2) is 29.2 Å². The minimum absolute atomic E-state index is 0.0792. The fourth-order valence-electron chi connectivity index (χ4n) is 1.20. The predicted octanol–water partition coefficient (Wildman–Crippen LogP) is 0.943. The van der Waals surface area contributed by atoms with Gasteiger partial charge in [0.05, 0.1) is 5.69 Å². The van der Waals surface area contributed by atoms with Crippen molar-refractivity contribution in [3.8, 4) is 0 Å². The van der Waals surface area contributed by atoms with Crippen molar-refractivity contribution in [3.05, 3.63) is 24.3 Å². The van der Waals surface area contributed by atoms with Crippen LogP contribution in [-0.2, 0) is 14.8 Å². The highest BCUT2D eigenvalue weighted by molar-refractivity contribution is 7.89. The second-order valence-electron chi connectivity index (χ2n) is 3.16. The van der Waals surface area contributed by atoms with Gasteiger partial charge in [0.25, 0.3) is 0 Å². The van der Waals surface area contributed by atoms with Crippen molar-refractivity contribution in [2.75, 3.05) is 11.9 Å². The van der Waals surface area contributed by atoms with Gasteiger partial charge in [-0.05, 0) is 18.6 Å². The number of rotatable bonds is 6. The summed E-state index contributed by atoms with van der Waals surface area (Å²) in [5, 5.41) is 2.36. The number of hydrogen-bond acceptors (Lipinski definition) is 3. The van der Waals surface area contributed by atoms with E-state index in [1.807, 2.05) is 6.92 Å². The maximum absolute atomic E-state index is 11.8. The number of carbonyl (C=O) groups excluding carboxylic acids is 1. The quantitative estimate of drug-likeness (QED) is 0.729. The van der Waals surface area contributed by atoms with Gasteiger partial charge >= 0.3 is 0 Å². The zero-order valence-electron chi connectivity index (χ0n) is 8.93. The van der Waals surface area contributed by atoms with Crippen molar-refractivity contribution in [1.29, 1.82) is 0 Å². The molecule has 0 unspecified atom stereocenters. The number of para-hydroxylation sites is 1. The van der Waals surface area contributed by atoms with E-state index in [2.05, 4.69) is 10.0 Å². The molecule has 0 atom stereocenters. The van der Waals surface area contributed by atoms with E-state index in [9.17, 15) is 13.2 Å². The Morgan fingerprint density at radius 3 is 2.62 bits per heavy atom. The van der Waals surface area contributed by atoms with Gasteiger partial charge in [0.2, 0.25) is 16.4 Å². The lowest BCUT2D eigenvalue weighted by Crippen LogP contribution is -2.25. The number of hydrogen-bond donors (Lipinski definition) is 2. The van der Waals surface area contributed by atoms with Crippen molar-refractivity contribution < 1.29 is 13.2 Å². The molecule has 0 radical (unpaired) electrons. The van der Waals surface area contributed by atoms with Crippen LogP contribution < -0.4 is 10.0 Å². The lowest BCUT2D eigenvalue weighted by molar-refractivity contribution is -0.105. The molecule has 0 spiro atoms. The van der Waals surface area contributed by atoms with E-state index >= 15 is 0 Å². The Morgan fingerprint density at radius 2 is 2.00 bits per heavy atom. The number of amides is 1. The summed E-state index contributed by atoms with van der Waals surface area (Å²) in [6.45, 7) is 2.25. The summed E-state index contributed by atoms with van der Waals surface area (Å²) in [6, 6.07) is 6.25. The van der Waals surface area contributed by atoms with Gasteiger partial charge in [0.1, 0.15) is 4.90 Å². The highest BCUT2D eigenvalue weighted by Gasteiger charge is 2.16. The summed E-state index contributed by atoms with van der Waals surface area (Å²) >= 11 is 0. The van der Waals surface area contributed by atoms with E-state index in [1.165, 1.54) is 12.1 Å². The molecular formula is C10H14N2O3S. The minimum atomic E-state index is -3.55. The third-order valence-electron chi connectivity index (χ3n) is 1.93. The molecule has 1 aromatic rings. The Morgan fingerprint density at radius 1 is 1.31 bits per heavy atom. The number of anilines is 1. The van der Waals surface area contributed by atoms with Crippen LogP contribution in [-0.4, -0.2) is 21.4 Å². The molecule has 6 heteroatoms. The van der Waals surface area contributed by atoms with E-state index in [0.29, 0.717) is 19.4 Å². The standard InChI is InChI=1S/C10H14N2O3S/c1-2-7-12-16(14,15)10-6-4-3-5-9(10)11-8-13/h3-6,8,12H,2,7H2,1H3,(H,11,13). The van der Waals surface area contributed by atoms with Gasteiger partial charge in [0.15, 0.2) is 0 Å². The Balaban J connectivity index is 3.06. The first-order chi connectivity index (χ1) is 7.61. The number of nitrogens with one attached hydrogen (secondary N) is 2. The molecule has 0 bridgehead atoms. The van der Waals surface area contributed by atoms with Crippen LogP contribution in [0.2, 0.25) is 0 Å². The summed E-state index contributed by atoms with van der Waals surface area (Å²) in [5.74, 6) is 0. The first-order valence-corrected chi connectivity index (χ1v) is 6.39. The number of carbonyl (C=O) groups is 1. The van der Waals surface area contributed by atoms with Crippen molar-refractivity contribution in [2.45, 2.75) is 18.2 Å². The van der Waals surface area contributed by atoms with Gasteiger partial charge in [-0.15, -0.1) is 0 Å². The smallest absolute Gasteiger partial charge is 0.242 e. The first-order valence-electron chi connectivity index (χ1n) is 4.90. The fourth-order valence-corrected chi connectivity index (χ4v) is 2.50. The molecule has 0 aliphatic rings. The predicted molar refractivity (Wildman–Crippen MR) is 61.6 cm³/mol. The highest BCUT2D eigenvalue weighted by atomic mass is 32.2. The van der Waals surface area contributed by atoms with Crippen molar-refractivity contribution in [1.82, 2.24) is 4.72 Å². The molecule has 16 heavy (non-hydrogen) atoms. The molecule has 1 aromatic carbocycles. The molecule has 0 aliphatic heterocycles. The summed E-state index contributed by atoms with van der Waals surface area (Å²) in [7, 11) is -3.55. The third-order valence-corrected chi connectivity index (χ3v) is 3.45. The normalized spacial score (nSPS) is 11.1. The second-order valence-corrected chi connectivity index (χ2v) is 4.89. The fraction of sp³-hybridized carbons (Fsp3) is 0.300. The van der Waals surface area contributed by atoms with E-state index in [4.69, 9.17) is 0 Å². The molecule has 88 valence electrons. The van der Waals surface area contributed by atoms with Gasteiger partial charge in [-0.3, -0.25) is 4.79 Å². The largest absolute Gasteiger partial charge is 0.328 e. The van der Waals surface area contributed by atoms with Crippen LogP contribution in [0.3, 0.4) is 0 Å². The molecule has 0 heterocycles. The molecule has 0 saturated carbocycles. The maximum Gasteiger partial charge on any atom is 0.242 e. The summed E-state index contributed by atoms with van der Waals surface area (Å²) in [6.07, 6.45) is 1.16. The molecule has 0 aromatic heterocycles. The molecule has 1 rings (SSSR count). The topological polar surface area (TPSA) is 75.3 Å². The SMILES string of the molecule is CCCNS(=O)(=O)c1ccccc1NC=O. The lowest BCUT2D eigenvalue weighted by atomic mass is 10.3. The summed E-state index contributed by atoms with van der Waals surface area (Å²) in [4.78, 5) is 10.4. The molecular weight excluding hydrogens is 228 g/mol. The number of benzene rings is 1. The van der Waals surface area contributed by atoms with Gasteiger partial charge in [-0.2, -0.15) is 0 Å². The zero-order chi connectivity index (χ0) is 12.0. The maximum atomic E-state index is 11.8. The van der Waals surface area contributed by atoms with Gasteiger partial charge in [-0.1, -0.05) is 19.1 Å². The van der Waals surface area contributed by atoms with Crippen LogP contribution in [0, 0.1) is 0 Å². The molecule has 0 aliphatic carbocycles. The Bertz CT molecular complexity index is 457. The van der Waals surface area contributed by atoms with E-state index in [1.54, 1.807) is 12.1 Å². The second kappa shape index (κ2) is 5.62. The molecule has 0 saturated heterocycles. The highest BCUT2D eigenvalue weighted by Crippen LogP contribution is 2.19. The molecule has 2 N–H and O–H groups in total. The molecule has 1 amide bonds.